The van der Waals surface area contributed by atoms with Crippen molar-refractivity contribution in [3.05, 3.63) is 47.4 Å². The highest BCUT2D eigenvalue weighted by molar-refractivity contribution is 5.93. The minimum absolute atomic E-state index is 0.0151. The highest BCUT2D eigenvalue weighted by atomic mass is 16.5. The van der Waals surface area contributed by atoms with Crippen LogP contribution in [0.1, 0.15) is 30.2 Å². The first-order valence-electron chi connectivity index (χ1n) is 11.7. The monoisotopic (exact) mass is 489 g/mol. The fourth-order valence-electron chi connectivity index (χ4n) is 4.58. The highest BCUT2D eigenvalue weighted by Crippen LogP contribution is 2.34. The second kappa shape index (κ2) is 9.26. The first-order chi connectivity index (χ1) is 17.3. The van der Waals surface area contributed by atoms with Crippen molar-refractivity contribution in [1.82, 2.24) is 19.4 Å². The summed E-state index contributed by atoms with van der Waals surface area (Å²) in [6.07, 6.45) is 3.38. The Balaban J connectivity index is 1.60. The third-order valence-electron chi connectivity index (χ3n) is 6.60. The minimum atomic E-state index is -0.929. The summed E-state index contributed by atoms with van der Waals surface area (Å²) in [5, 5.41) is 12.6. The second-order valence-electron chi connectivity index (χ2n) is 9.22. The van der Waals surface area contributed by atoms with Crippen LogP contribution in [-0.2, 0) is 19.9 Å². The van der Waals surface area contributed by atoms with Crippen LogP contribution in [-0.4, -0.2) is 70.0 Å². The van der Waals surface area contributed by atoms with E-state index in [1.807, 2.05) is 29.8 Å². The molecule has 5 heterocycles. The number of carboxylic acid groups (broad SMARTS) is 1. The Morgan fingerprint density at radius 2 is 2.11 bits per heavy atom. The maximum Gasteiger partial charge on any atom is 0.407 e. The van der Waals surface area contributed by atoms with E-state index in [0.29, 0.717) is 44.4 Å². The van der Waals surface area contributed by atoms with Crippen molar-refractivity contribution in [1.29, 1.82) is 0 Å². The van der Waals surface area contributed by atoms with Crippen LogP contribution in [0.3, 0.4) is 0 Å². The lowest BCUT2D eigenvalue weighted by molar-refractivity contribution is -0.114. The van der Waals surface area contributed by atoms with Crippen molar-refractivity contribution in [3.8, 4) is 17.7 Å². The molecule has 3 aromatic heterocycles. The number of pyridine rings is 2. The molecule has 3 aromatic rings. The Morgan fingerprint density at radius 3 is 2.78 bits per heavy atom. The number of methoxy groups -OCH3 is 1. The lowest BCUT2D eigenvalue weighted by Gasteiger charge is -2.33. The van der Waals surface area contributed by atoms with Gasteiger partial charge >= 0.3 is 6.09 Å². The summed E-state index contributed by atoms with van der Waals surface area (Å²) in [5.41, 5.74) is 2.75. The number of nitrogens with zero attached hydrogens (tertiary/aromatic N) is 4. The maximum atomic E-state index is 11.6. The van der Waals surface area contributed by atoms with Crippen molar-refractivity contribution in [3.63, 3.8) is 0 Å². The molecule has 0 saturated carbocycles. The fraction of sp³-hybridized carbons (Fsp3) is 0.385. The Hall–Kier alpha value is -3.94. The average molecular weight is 490 g/mol. The molecule has 2 N–H and O–H groups in total. The first-order valence-corrected chi connectivity index (χ1v) is 11.7. The van der Waals surface area contributed by atoms with Crippen LogP contribution in [0, 0.1) is 24.7 Å². The lowest BCUT2D eigenvalue weighted by Crippen LogP contribution is -2.48. The van der Waals surface area contributed by atoms with Gasteiger partial charge < -0.3 is 24.8 Å². The van der Waals surface area contributed by atoms with E-state index in [9.17, 15) is 9.59 Å². The number of hydrogen-bond donors (Lipinski definition) is 2. The summed E-state index contributed by atoms with van der Waals surface area (Å²) in [7, 11) is 1.68. The molecule has 0 aromatic carbocycles. The number of likely N-dealkylation sites (tertiary alicyclic amines) is 1. The molecule has 10 nitrogen and oxygen atoms in total. The van der Waals surface area contributed by atoms with Crippen LogP contribution >= 0.6 is 0 Å². The zero-order valence-electron chi connectivity index (χ0n) is 20.4. The van der Waals surface area contributed by atoms with E-state index in [4.69, 9.17) is 19.6 Å². The van der Waals surface area contributed by atoms with Crippen molar-refractivity contribution < 1.29 is 24.2 Å². The third kappa shape index (κ3) is 4.39. The quantitative estimate of drug-likeness (QED) is 0.541. The predicted octanol–water partition coefficient (Wildman–Crippen LogP) is 2.91. The molecule has 1 atom stereocenters. The Labute approximate surface area is 208 Å². The maximum absolute atomic E-state index is 11.6. The molecule has 2 amide bonds. The summed E-state index contributed by atoms with van der Waals surface area (Å²) in [4.78, 5) is 33.4. The number of carbonyl (C=O) groups is 2. The van der Waals surface area contributed by atoms with Crippen LogP contribution in [0.5, 0.6) is 0 Å². The van der Waals surface area contributed by atoms with Gasteiger partial charge in [0.05, 0.1) is 29.3 Å². The summed E-state index contributed by atoms with van der Waals surface area (Å²) in [6, 6.07) is 5.80. The van der Waals surface area contributed by atoms with Crippen LogP contribution in [0.25, 0.3) is 16.7 Å². The predicted molar refractivity (Wildman–Crippen MR) is 132 cm³/mol. The number of rotatable bonds is 4. The number of ether oxygens (including phenoxy) is 2. The third-order valence-corrected chi connectivity index (χ3v) is 6.60. The van der Waals surface area contributed by atoms with Gasteiger partial charge in [0.1, 0.15) is 17.2 Å². The van der Waals surface area contributed by atoms with Gasteiger partial charge in [-0.25, -0.2) is 14.8 Å². The molecule has 2 aliphatic heterocycles. The lowest BCUT2D eigenvalue weighted by atomic mass is 9.97. The van der Waals surface area contributed by atoms with Crippen LogP contribution in [0.2, 0.25) is 0 Å². The molecule has 0 unspecified atom stereocenters. The van der Waals surface area contributed by atoms with E-state index in [1.165, 1.54) is 11.8 Å². The van der Waals surface area contributed by atoms with E-state index >= 15 is 0 Å². The number of anilines is 1. The van der Waals surface area contributed by atoms with Crippen LogP contribution in [0.4, 0.5) is 10.6 Å². The van der Waals surface area contributed by atoms with Crippen molar-refractivity contribution in [2.45, 2.75) is 25.9 Å². The second-order valence-corrected chi connectivity index (χ2v) is 9.22. The van der Waals surface area contributed by atoms with Gasteiger partial charge in [-0.15, -0.1) is 0 Å². The molecule has 2 fully saturated rings. The summed E-state index contributed by atoms with van der Waals surface area (Å²) in [6.45, 7) is 5.29. The average Bonchev–Trinajstić information content (AvgIpc) is 3.43. The van der Waals surface area contributed by atoms with E-state index in [2.05, 4.69) is 22.1 Å². The smallest absolute Gasteiger partial charge is 0.407 e. The minimum Gasteiger partial charge on any atom is -0.465 e. The Morgan fingerprint density at radius 1 is 1.31 bits per heavy atom. The van der Waals surface area contributed by atoms with Crippen LogP contribution < -0.4 is 5.32 Å². The van der Waals surface area contributed by atoms with Gasteiger partial charge in [0.15, 0.2) is 0 Å². The number of amides is 2. The van der Waals surface area contributed by atoms with Gasteiger partial charge in [-0.2, -0.15) is 0 Å². The molecular weight excluding hydrogens is 462 g/mol. The summed E-state index contributed by atoms with van der Waals surface area (Å²) >= 11 is 0. The molecule has 36 heavy (non-hydrogen) atoms. The first kappa shape index (κ1) is 23.8. The molecule has 0 bridgehead atoms. The largest absolute Gasteiger partial charge is 0.465 e. The number of fused-ring (bicyclic) bond motifs is 1. The van der Waals surface area contributed by atoms with Crippen molar-refractivity contribution in [2.24, 2.45) is 5.92 Å². The normalized spacial score (nSPS) is 19.6. The Kier molecular flexibility index (Phi) is 6.12. The van der Waals surface area contributed by atoms with E-state index in [-0.39, 0.29) is 11.8 Å². The highest BCUT2D eigenvalue weighted by Gasteiger charge is 2.38. The molecule has 0 aliphatic carbocycles. The molecule has 2 aliphatic rings. The van der Waals surface area contributed by atoms with Gasteiger partial charge in [0.25, 0.3) is 0 Å². The zero-order valence-corrected chi connectivity index (χ0v) is 20.4. The van der Waals surface area contributed by atoms with Gasteiger partial charge in [-0.05, 0) is 24.6 Å². The van der Waals surface area contributed by atoms with E-state index < -0.39 is 11.7 Å². The number of aromatic nitrogens is 3. The summed E-state index contributed by atoms with van der Waals surface area (Å²) < 4.78 is 13.4. The molecule has 10 heteroatoms. The van der Waals surface area contributed by atoms with Gasteiger partial charge in [-0.1, -0.05) is 11.8 Å². The van der Waals surface area contributed by atoms with Gasteiger partial charge in [-0.3, -0.25) is 9.36 Å². The molecule has 0 radical (unpaired) electrons. The SMILES string of the molecule is CO[C@@]1(c2cc(C)cc(-n3cc(C#CC4CN(C(=O)O)C4)c4cnc(NC(C)=O)cc43)n2)CCOC1. The molecule has 186 valence electrons. The summed E-state index contributed by atoms with van der Waals surface area (Å²) in [5.74, 6) is 7.28. The molecule has 5 rings (SSSR count). The van der Waals surface area contributed by atoms with Crippen molar-refractivity contribution >= 4 is 28.7 Å². The molecular formula is C26H27N5O5. The zero-order chi connectivity index (χ0) is 25.4. The van der Waals surface area contributed by atoms with E-state index in [0.717, 1.165) is 27.7 Å². The van der Waals surface area contributed by atoms with Gasteiger partial charge in [0.2, 0.25) is 5.91 Å². The number of carbonyl (C=O) groups excluding carboxylic acids is 1. The topological polar surface area (TPSA) is 119 Å². The fourth-order valence-corrected chi connectivity index (χ4v) is 4.58. The Bertz CT molecular complexity index is 1410. The standard InChI is InChI=1S/C26H27N5O5/c1-16-8-22(26(35-3)6-7-36-15-26)29-24(9-16)31-14-19(5-4-18-12-30(13-18)25(33)34)20-11-27-23(10-21(20)31)28-17(2)32/h8-11,14,18H,6-7,12-13,15H2,1-3H3,(H,33,34)(H,27,28,32)/t26-/m0/s1. The number of hydrogen-bond acceptors (Lipinski definition) is 6. The number of nitrogens with one attached hydrogen (secondary N) is 1. The van der Waals surface area contributed by atoms with Gasteiger partial charge in [0, 0.05) is 64.0 Å². The van der Waals surface area contributed by atoms with Crippen molar-refractivity contribution in [2.75, 3.05) is 38.7 Å². The molecule has 0 spiro atoms. The van der Waals surface area contributed by atoms with Crippen LogP contribution in [0.15, 0.2) is 30.6 Å². The van der Waals surface area contributed by atoms with E-state index in [1.54, 1.807) is 19.4 Å². The number of aryl methyl sites for hydroxylation is 1. The molecule has 2 saturated heterocycles.